The summed E-state index contributed by atoms with van der Waals surface area (Å²) in [5.41, 5.74) is 0. The van der Waals surface area contributed by atoms with E-state index in [0.29, 0.717) is 65.3 Å². The van der Waals surface area contributed by atoms with Crippen molar-refractivity contribution in [2.75, 3.05) is 79.4 Å². The first-order valence-electron chi connectivity index (χ1n) is 29.2. The van der Waals surface area contributed by atoms with Gasteiger partial charge in [-0.25, -0.2) is 0 Å². The fourth-order valence-corrected chi connectivity index (χ4v) is 8.64. The number of carbonyl (C=O) groups is 2. The third-order valence-corrected chi connectivity index (χ3v) is 12.8. The number of rotatable bonds is 52. The van der Waals surface area contributed by atoms with Crippen molar-refractivity contribution in [2.45, 2.75) is 239 Å². The van der Waals surface area contributed by atoms with Gasteiger partial charge >= 0.3 is 11.9 Å². The van der Waals surface area contributed by atoms with Gasteiger partial charge in [0, 0.05) is 52.4 Å². The molecule has 0 spiro atoms. The second kappa shape index (κ2) is 51.6. The number of nitrogens with zero attached hydrogens (tertiary/aromatic N) is 2. The number of likely N-dealkylation sites (tertiary alicyclic amines) is 1. The smallest absolute Gasteiger partial charge is 0.305 e. The first kappa shape index (κ1) is 65.7. The van der Waals surface area contributed by atoms with Crippen LogP contribution in [0.3, 0.4) is 0 Å². The molecule has 1 unspecified atom stereocenters. The lowest BCUT2D eigenvalue weighted by Gasteiger charge is -2.25. The molecule has 0 saturated carbocycles. The summed E-state index contributed by atoms with van der Waals surface area (Å²) in [5.74, 6) is 0.469. The van der Waals surface area contributed by atoms with Crippen molar-refractivity contribution in [1.82, 2.24) is 9.80 Å². The molecule has 0 aromatic rings. The van der Waals surface area contributed by atoms with E-state index in [4.69, 9.17) is 28.4 Å². The van der Waals surface area contributed by atoms with E-state index >= 15 is 0 Å². The quantitative estimate of drug-likeness (QED) is 0.0254. The van der Waals surface area contributed by atoms with Gasteiger partial charge in [0.15, 0.2) is 12.6 Å². The zero-order chi connectivity index (χ0) is 50.6. The third-order valence-electron chi connectivity index (χ3n) is 12.8. The molecule has 1 saturated heterocycles. The number of ether oxygens (including phenoxy) is 6. The summed E-state index contributed by atoms with van der Waals surface area (Å²) < 4.78 is 35.6. The first-order valence-corrected chi connectivity index (χ1v) is 29.2. The Kier molecular flexibility index (Phi) is 48.4. The van der Waals surface area contributed by atoms with E-state index in [1.54, 1.807) is 0 Å². The molecule has 1 aliphatic rings. The molecule has 1 aliphatic heterocycles. The van der Waals surface area contributed by atoms with Gasteiger partial charge in [0.05, 0.1) is 26.1 Å². The third kappa shape index (κ3) is 44.4. The minimum Gasteiger partial charge on any atom is -0.466 e. The van der Waals surface area contributed by atoms with Gasteiger partial charge in [-0.15, -0.1) is 0 Å². The molecule has 0 N–H and O–H groups in total. The average molecular weight is 988 g/mol. The SMILES string of the molecule is CC/C=C\CCCCOC(CCC(=O)OCCCCCCCN(CCCCCCCOC(=O)CCC(OCCCC/C=C\CC)OCCCC/C=C\CC)CC1CCN(C)C1)OCCCC/C=C\CC. The molecular weight excluding hydrogens is 877 g/mol. The van der Waals surface area contributed by atoms with Crippen LogP contribution in [0.5, 0.6) is 0 Å². The Balaban J connectivity index is 2.30. The number of hydrogen-bond acceptors (Lipinski definition) is 10. The second-order valence-electron chi connectivity index (χ2n) is 19.6. The molecule has 0 aliphatic carbocycles. The van der Waals surface area contributed by atoms with Crippen LogP contribution in [0.15, 0.2) is 48.6 Å². The normalized spacial score (nSPS) is 14.7. The lowest BCUT2D eigenvalue weighted by molar-refractivity contribution is -0.159. The van der Waals surface area contributed by atoms with Crippen molar-refractivity contribution in [3.05, 3.63) is 48.6 Å². The molecule has 1 fully saturated rings. The highest BCUT2D eigenvalue weighted by Gasteiger charge is 2.22. The molecular formula is C60H110N2O8. The summed E-state index contributed by atoms with van der Waals surface area (Å²) in [6, 6.07) is 0. The van der Waals surface area contributed by atoms with Crippen molar-refractivity contribution in [3.63, 3.8) is 0 Å². The highest BCUT2D eigenvalue weighted by atomic mass is 16.7. The molecule has 0 aromatic carbocycles. The van der Waals surface area contributed by atoms with Crippen LogP contribution in [0.2, 0.25) is 0 Å². The van der Waals surface area contributed by atoms with Gasteiger partial charge in [0.25, 0.3) is 0 Å². The molecule has 0 amide bonds. The Morgan fingerprint density at radius 2 is 0.814 bits per heavy atom. The molecule has 0 bridgehead atoms. The van der Waals surface area contributed by atoms with Crippen molar-refractivity contribution in [2.24, 2.45) is 5.92 Å². The summed E-state index contributed by atoms with van der Waals surface area (Å²) in [6.07, 6.45) is 48.4. The number of unbranched alkanes of at least 4 members (excludes halogenated alkanes) is 16. The average Bonchev–Trinajstić information content (AvgIpc) is 3.78. The maximum Gasteiger partial charge on any atom is 0.305 e. The molecule has 10 nitrogen and oxygen atoms in total. The standard InChI is InChI=1S/C60H110N2O8/c1-6-10-14-18-26-36-50-67-59(68-51-37-27-19-15-11-7-2)42-40-57(63)65-48-34-30-22-24-32-45-62(55-56-44-47-61(5)54-56)46-33-25-23-31-35-49-66-58(64)41-43-60(69-52-38-28-20-16-12-8-3)70-53-39-29-21-17-13-9-4/h10-17,56,59-60H,6-9,18-55H2,1-5H3/b14-10-,15-11-,16-12-,17-13-. The summed E-state index contributed by atoms with van der Waals surface area (Å²) in [7, 11) is 2.25. The molecule has 70 heavy (non-hydrogen) atoms. The lowest BCUT2D eigenvalue weighted by Crippen LogP contribution is -2.32. The van der Waals surface area contributed by atoms with Crippen LogP contribution in [-0.4, -0.2) is 114 Å². The van der Waals surface area contributed by atoms with E-state index < -0.39 is 0 Å². The Morgan fingerprint density at radius 1 is 0.471 bits per heavy atom. The summed E-state index contributed by atoms with van der Waals surface area (Å²) in [6.45, 7) is 18.2. The van der Waals surface area contributed by atoms with E-state index in [9.17, 15) is 9.59 Å². The van der Waals surface area contributed by atoms with E-state index in [0.717, 1.165) is 147 Å². The summed E-state index contributed by atoms with van der Waals surface area (Å²) >= 11 is 0. The van der Waals surface area contributed by atoms with Gasteiger partial charge in [-0.1, -0.05) is 115 Å². The maximum atomic E-state index is 12.6. The minimum absolute atomic E-state index is 0.149. The number of hydrogen-bond donors (Lipinski definition) is 0. The number of allylic oxidation sites excluding steroid dienone is 8. The lowest BCUT2D eigenvalue weighted by atomic mass is 10.1. The van der Waals surface area contributed by atoms with Crippen LogP contribution in [0.1, 0.15) is 227 Å². The summed E-state index contributed by atoms with van der Waals surface area (Å²) in [4.78, 5) is 30.5. The van der Waals surface area contributed by atoms with Gasteiger partial charge in [-0.05, 0) is 167 Å². The zero-order valence-corrected chi connectivity index (χ0v) is 46.2. The Morgan fingerprint density at radius 3 is 1.16 bits per heavy atom. The molecule has 0 radical (unpaired) electrons. The van der Waals surface area contributed by atoms with Crippen LogP contribution in [0.4, 0.5) is 0 Å². The molecule has 10 heteroatoms. The van der Waals surface area contributed by atoms with Gasteiger partial charge in [0.1, 0.15) is 0 Å². The Hall–Kier alpha value is -2.34. The fourth-order valence-electron chi connectivity index (χ4n) is 8.64. The Labute approximate surface area is 431 Å². The molecule has 1 rings (SSSR count). The predicted molar refractivity (Wildman–Crippen MR) is 293 cm³/mol. The second-order valence-corrected chi connectivity index (χ2v) is 19.6. The minimum atomic E-state index is -0.352. The number of esters is 2. The maximum absolute atomic E-state index is 12.6. The van der Waals surface area contributed by atoms with Crippen LogP contribution < -0.4 is 0 Å². The largest absolute Gasteiger partial charge is 0.466 e. The monoisotopic (exact) mass is 987 g/mol. The molecule has 408 valence electrons. The molecule has 0 aromatic heterocycles. The van der Waals surface area contributed by atoms with Gasteiger partial charge < -0.3 is 38.2 Å². The highest BCUT2D eigenvalue weighted by molar-refractivity contribution is 5.69. The number of carbonyl (C=O) groups excluding carboxylic acids is 2. The highest BCUT2D eigenvalue weighted by Crippen LogP contribution is 2.18. The predicted octanol–water partition coefficient (Wildman–Crippen LogP) is 15.1. The summed E-state index contributed by atoms with van der Waals surface area (Å²) in [5, 5.41) is 0. The Bertz CT molecular complexity index is 1140. The van der Waals surface area contributed by atoms with E-state index in [-0.39, 0.29) is 24.5 Å². The van der Waals surface area contributed by atoms with Crippen molar-refractivity contribution in [3.8, 4) is 0 Å². The fraction of sp³-hybridized carbons (Fsp3) is 0.833. The van der Waals surface area contributed by atoms with Crippen LogP contribution in [0, 0.1) is 5.92 Å². The topological polar surface area (TPSA) is 96.0 Å². The van der Waals surface area contributed by atoms with Crippen molar-refractivity contribution in [1.29, 1.82) is 0 Å². The zero-order valence-electron chi connectivity index (χ0n) is 46.2. The van der Waals surface area contributed by atoms with E-state index in [2.05, 4.69) is 93.2 Å². The van der Waals surface area contributed by atoms with E-state index in [1.165, 1.54) is 64.6 Å². The van der Waals surface area contributed by atoms with Crippen molar-refractivity contribution < 1.29 is 38.0 Å². The molecule has 1 heterocycles. The van der Waals surface area contributed by atoms with Crippen molar-refractivity contribution >= 4 is 11.9 Å². The van der Waals surface area contributed by atoms with Gasteiger partial charge in [0.2, 0.25) is 0 Å². The van der Waals surface area contributed by atoms with Gasteiger partial charge in [-0.3, -0.25) is 9.59 Å². The van der Waals surface area contributed by atoms with E-state index in [1.807, 2.05) is 0 Å². The van der Waals surface area contributed by atoms with Gasteiger partial charge in [-0.2, -0.15) is 0 Å². The first-order chi connectivity index (χ1) is 34.4. The van der Waals surface area contributed by atoms with Crippen LogP contribution in [0.25, 0.3) is 0 Å². The van der Waals surface area contributed by atoms with Crippen LogP contribution >= 0.6 is 0 Å². The molecule has 1 atom stereocenters. The van der Waals surface area contributed by atoms with Crippen LogP contribution in [-0.2, 0) is 38.0 Å².